The monoisotopic (exact) mass is 233 g/mol. The Morgan fingerprint density at radius 1 is 1.35 bits per heavy atom. The third kappa shape index (κ3) is 2.53. The molecule has 94 valence electrons. The van der Waals surface area contributed by atoms with Crippen molar-refractivity contribution in [2.24, 2.45) is 5.92 Å². The van der Waals surface area contributed by atoms with Crippen molar-refractivity contribution >= 4 is 0 Å². The molecule has 0 saturated carbocycles. The molecule has 2 rings (SSSR count). The summed E-state index contributed by atoms with van der Waals surface area (Å²) in [6.07, 6.45) is 2.98. The molecule has 1 aliphatic rings. The molecule has 1 N–H and O–H groups in total. The van der Waals surface area contributed by atoms with Crippen molar-refractivity contribution in [3.63, 3.8) is 0 Å². The molecule has 0 aliphatic carbocycles. The maximum absolute atomic E-state index is 11.1. The van der Waals surface area contributed by atoms with Crippen LogP contribution in [-0.4, -0.2) is 30.1 Å². The molecule has 0 amide bonds. The van der Waals surface area contributed by atoms with E-state index < -0.39 is 5.60 Å². The number of aliphatic hydroxyl groups is 1. The standard InChI is InChI=1S/C15H23NO/c1-3-10-15(17,13-7-5-4-6-8-13)14-9-11-16(2)12-14/h4-8,14,17H,3,9-12H2,1-2H3/t14-,15+/m1/s1. The van der Waals surface area contributed by atoms with Gasteiger partial charge in [0.1, 0.15) is 0 Å². The van der Waals surface area contributed by atoms with E-state index in [1.54, 1.807) is 0 Å². The molecular formula is C15H23NO. The normalized spacial score (nSPS) is 24.8. The number of rotatable bonds is 4. The molecule has 0 aromatic heterocycles. The van der Waals surface area contributed by atoms with Gasteiger partial charge in [-0.05, 0) is 32.0 Å². The molecule has 0 bridgehead atoms. The number of likely N-dealkylation sites (tertiary alicyclic amines) is 1. The second-order valence-electron chi connectivity index (χ2n) is 5.29. The lowest BCUT2D eigenvalue weighted by atomic mass is 9.77. The van der Waals surface area contributed by atoms with Crippen LogP contribution >= 0.6 is 0 Å². The van der Waals surface area contributed by atoms with E-state index in [1.165, 1.54) is 0 Å². The maximum Gasteiger partial charge on any atom is 0.0937 e. The Labute approximate surface area is 104 Å². The van der Waals surface area contributed by atoms with Gasteiger partial charge in [0.25, 0.3) is 0 Å². The Kier molecular flexibility index (Phi) is 3.85. The Morgan fingerprint density at radius 3 is 2.59 bits per heavy atom. The van der Waals surface area contributed by atoms with Crippen LogP contribution in [-0.2, 0) is 5.60 Å². The van der Waals surface area contributed by atoms with E-state index in [0.717, 1.165) is 37.9 Å². The average Bonchev–Trinajstić information content (AvgIpc) is 2.78. The number of benzene rings is 1. The lowest BCUT2D eigenvalue weighted by Crippen LogP contribution is -2.36. The van der Waals surface area contributed by atoms with Crippen molar-refractivity contribution in [3.05, 3.63) is 35.9 Å². The molecule has 0 unspecified atom stereocenters. The molecule has 2 atom stereocenters. The summed E-state index contributed by atoms with van der Waals surface area (Å²) in [7, 11) is 2.14. The largest absolute Gasteiger partial charge is 0.385 e. The molecule has 1 saturated heterocycles. The van der Waals surface area contributed by atoms with Gasteiger partial charge in [-0.25, -0.2) is 0 Å². The van der Waals surface area contributed by atoms with Crippen LogP contribution < -0.4 is 0 Å². The summed E-state index contributed by atoms with van der Waals surface area (Å²) >= 11 is 0. The van der Waals surface area contributed by atoms with Crippen molar-refractivity contribution < 1.29 is 5.11 Å². The fourth-order valence-corrected chi connectivity index (χ4v) is 3.02. The highest BCUT2D eigenvalue weighted by Crippen LogP contribution is 2.38. The molecular weight excluding hydrogens is 210 g/mol. The van der Waals surface area contributed by atoms with E-state index in [1.807, 2.05) is 18.2 Å². The first kappa shape index (κ1) is 12.6. The molecule has 1 heterocycles. The minimum Gasteiger partial charge on any atom is -0.385 e. The fourth-order valence-electron chi connectivity index (χ4n) is 3.02. The van der Waals surface area contributed by atoms with Crippen molar-refractivity contribution in [1.82, 2.24) is 4.90 Å². The molecule has 1 fully saturated rings. The smallest absolute Gasteiger partial charge is 0.0937 e. The summed E-state index contributed by atoms with van der Waals surface area (Å²) in [6, 6.07) is 10.2. The lowest BCUT2D eigenvalue weighted by molar-refractivity contribution is -0.0284. The number of hydrogen-bond acceptors (Lipinski definition) is 2. The van der Waals surface area contributed by atoms with E-state index >= 15 is 0 Å². The summed E-state index contributed by atoms with van der Waals surface area (Å²) in [6.45, 7) is 4.25. The minimum atomic E-state index is -0.638. The van der Waals surface area contributed by atoms with Gasteiger partial charge in [0.15, 0.2) is 0 Å². The second kappa shape index (κ2) is 5.19. The van der Waals surface area contributed by atoms with Gasteiger partial charge in [0.2, 0.25) is 0 Å². The topological polar surface area (TPSA) is 23.5 Å². The molecule has 1 aliphatic heterocycles. The molecule has 1 aromatic rings. The van der Waals surface area contributed by atoms with Gasteiger partial charge in [-0.3, -0.25) is 0 Å². The van der Waals surface area contributed by atoms with Gasteiger partial charge in [-0.2, -0.15) is 0 Å². The van der Waals surface area contributed by atoms with Crippen LogP contribution in [0.25, 0.3) is 0 Å². The van der Waals surface area contributed by atoms with E-state index in [2.05, 4.69) is 31.0 Å². The van der Waals surface area contributed by atoms with E-state index in [-0.39, 0.29) is 0 Å². The first-order valence-electron chi connectivity index (χ1n) is 6.63. The Morgan fingerprint density at radius 2 is 2.06 bits per heavy atom. The first-order valence-corrected chi connectivity index (χ1v) is 6.63. The van der Waals surface area contributed by atoms with E-state index in [4.69, 9.17) is 0 Å². The maximum atomic E-state index is 11.1. The second-order valence-corrected chi connectivity index (χ2v) is 5.29. The highest BCUT2D eigenvalue weighted by Gasteiger charge is 2.40. The molecule has 2 nitrogen and oxygen atoms in total. The predicted octanol–water partition coefficient (Wildman–Crippen LogP) is 2.63. The SMILES string of the molecule is CCC[C@](O)(c1ccccc1)[C@@H]1CCN(C)C1. The lowest BCUT2D eigenvalue weighted by Gasteiger charge is -2.34. The predicted molar refractivity (Wildman–Crippen MR) is 70.9 cm³/mol. The van der Waals surface area contributed by atoms with Crippen molar-refractivity contribution in [3.8, 4) is 0 Å². The van der Waals surface area contributed by atoms with Crippen LogP contribution in [0.15, 0.2) is 30.3 Å². The fraction of sp³-hybridized carbons (Fsp3) is 0.600. The zero-order valence-electron chi connectivity index (χ0n) is 10.9. The molecule has 17 heavy (non-hydrogen) atoms. The van der Waals surface area contributed by atoms with Crippen LogP contribution in [0.4, 0.5) is 0 Å². The van der Waals surface area contributed by atoms with Crippen LogP contribution in [0.1, 0.15) is 31.7 Å². The Balaban J connectivity index is 2.26. The highest BCUT2D eigenvalue weighted by molar-refractivity contribution is 5.23. The Hall–Kier alpha value is -0.860. The number of hydrogen-bond donors (Lipinski definition) is 1. The van der Waals surface area contributed by atoms with Crippen molar-refractivity contribution in [2.75, 3.05) is 20.1 Å². The molecule has 1 aromatic carbocycles. The zero-order valence-corrected chi connectivity index (χ0v) is 10.9. The van der Waals surface area contributed by atoms with Crippen LogP contribution in [0, 0.1) is 5.92 Å². The third-order valence-electron chi connectivity index (χ3n) is 3.97. The third-order valence-corrected chi connectivity index (χ3v) is 3.97. The summed E-state index contributed by atoms with van der Waals surface area (Å²) in [4.78, 5) is 2.31. The Bertz CT molecular complexity index is 351. The van der Waals surface area contributed by atoms with Gasteiger partial charge < -0.3 is 10.0 Å². The van der Waals surface area contributed by atoms with Gasteiger partial charge in [0, 0.05) is 12.5 Å². The average molecular weight is 233 g/mol. The van der Waals surface area contributed by atoms with Crippen molar-refractivity contribution in [2.45, 2.75) is 31.8 Å². The van der Waals surface area contributed by atoms with Gasteiger partial charge >= 0.3 is 0 Å². The van der Waals surface area contributed by atoms with Gasteiger partial charge in [0.05, 0.1) is 5.60 Å². The van der Waals surface area contributed by atoms with Crippen LogP contribution in [0.2, 0.25) is 0 Å². The first-order chi connectivity index (χ1) is 8.16. The van der Waals surface area contributed by atoms with E-state index in [0.29, 0.717) is 5.92 Å². The van der Waals surface area contributed by atoms with Crippen molar-refractivity contribution in [1.29, 1.82) is 0 Å². The zero-order chi connectivity index (χ0) is 12.3. The van der Waals surface area contributed by atoms with Gasteiger partial charge in [-0.15, -0.1) is 0 Å². The van der Waals surface area contributed by atoms with Crippen LogP contribution in [0.3, 0.4) is 0 Å². The molecule has 0 spiro atoms. The highest BCUT2D eigenvalue weighted by atomic mass is 16.3. The number of nitrogens with zero attached hydrogens (tertiary/aromatic N) is 1. The van der Waals surface area contributed by atoms with Crippen LogP contribution in [0.5, 0.6) is 0 Å². The summed E-state index contributed by atoms with van der Waals surface area (Å²) in [5.41, 5.74) is 0.447. The summed E-state index contributed by atoms with van der Waals surface area (Å²) in [5, 5.41) is 11.1. The molecule has 0 radical (unpaired) electrons. The van der Waals surface area contributed by atoms with E-state index in [9.17, 15) is 5.11 Å². The summed E-state index contributed by atoms with van der Waals surface area (Å²) in [5.74, 6) is 0.370. The summed E-state index contributed by atoms with van der Waals surface area (Å²) < 4.78 is 0. The molecule has 2 heteroatoms. The minimum absolute atomic E-state index is 0.370. The van der Waals surface area contributed by atoms with Gasteiger partial charge in [-0.1, -0.05) is 43.7 Å². The quantitative estimate of drug-likeness (QED) is 0.864.